The summed E-state index contributed by atoms with van der Waals surface area (Å²) in [6.07, 6.45) is 2.42. The van der Waals surface area contributed by atoms with Gasteiger partial charge in [-0.2, -0.15) is 0 Å². The molecule has 2 aromatic rings. The molecule has 86 valence electrons. The predicted octanol–water partition coefficient (Wildman–Crippen LogP) is 2.73. The quantitative estimate of drug-likeness (QED) is 0.870. The molecule has 3 nitrogen and oxygen atoms in total. The molecule has 1 aromatic carbocycles. The number of pyridine rings is 1. The van der Waals surface area contributed by atoms with Crippen molar-refractivity contribution >= 4 is 5.97 Å². The summed E-state index contributed by atoms with van der Waals surface area (Å²) < 4.78 is 26.6. The zero-order valence-electron chi connectivity index (χ0n) is 8.52. The lowest BCUT2D eigenvalue weighted by Gasteiger charge is -2.06. The summed E-state index contributed by atoms with van der Waals surface area (Å²) >= 11 is 0. The molecule has 0 atom stereocenters. The Labute approximate surface area is 95.4 Å². The van der Waals surface area contributed by atoms with Crippen LogP contribution in [0.2, 0.25) is 0 Å². The topological polar surface area (TPSA) is 50.2 Å². The number of carboxylic acids is 1. The van der Waals surface area contributed by atoms with Gasteiger partial charge in [-0.1, -0.05) is 0 Å². The van der Waals surface area contributed by atoms with Crippen LogP contribution in [-0.2, 0) is 0 Å². The predicted molar refractivity (Wildman–Crippen MR) is 56.5 cm³/mol. The van der Waals surface area contributed by atoms with Crippen LogP contribution in [0.3, 0.4) is 0 Å². The third-order valence-electron chi connectivity index (χ3n) is 2.27. The van der Waals surface area contributed by atoms with E-state index >= 15 is 0 Å². The van der Waals surface area contributed by atoms with Crippen LogP contribution in [0.1, 0.15) is 10.4 Å². The zero-order chi connectivity index (χ0) is 12.4. The Kier molecular flexibility index (Phi) is 2.82. The van der Waals surface area contributed by atoms with Crippen LogP contribution in [0.5, 0.6) is 0 Å². The van der Waals surface area contributed by atoms with Crippen molar-refractivity contribution in [2.45, 2.75) is 0 Å². The Morgan fingerprint density at radius 1 is 1.18 bits per heavy atom. The summed E-state index contributed by atoms with van der Waals surface area (Å²) in [5, 5.41) is 8.93. The van der Waals surface area contributed by atoms with Gasteiger partial charge in [0, 0.05) is 23.5 Å². The average Bonchev–Trinajstić information content (AvgIpc) is 2.32. The van der Waals surface area contributed by atoms with E-state index in [0.29, 0.717) is 0 Å². The number of halogens is 2. The first-order valence-electron chi connectivity index (χ1n) is 4.72. The highest BCUT2D eigenvalue weighted by atomic mass is 19.1. The van der Waals surface area contributed by atoms with Gasteiger partial charge in [-0.15, -0.1) is 0 Å². The fourth-order valence-electron chi connectivity index (χ4n) is 1.50. The highest BCUT2D eigenvalue weighted by Crippen LogP contribution is 2.26. The van der Waals surface area contributed by atoms with Crippen molar-refractivity contribution in [1.29, 1.82) is 0 Å². The van der Waals surface area contributed by atoms with Crippen molar-refractivity contribution in [3.05, 3.63) is 53.9 Å². The van der Waals surface area contributed by atoms with Crippen molar-refractivity contribution in [2.75, 3.05) is 0 Å². The molecule has 0 bridgehead atoms. The van der Waals surface area contributed by atoms with Crippen molar-refractivity contribution in [3.63, 3.8) is 0 Å². The van der Waals surface area contributed by atoms with Gasteiger partial charge >= 0.3 is 5.97 Å². The number of carboxylic acid groups (broad SMARTS) is 1. The van der Waals surface area contributed by atoms with Crippen molar-refractivity contribution in [2.24, 2.45) is 0 Å². The second-order valence-corrected chi connectivity index (χ2v) is 3.35. The van der Waals surface area contributed by atoms with Crippen molar-refractivity contribution in [3.8, 4) is 11.1 Å². The molecule has 0 saturated heterocycles. The highest BCUT2D eigenvalue weighted by molar-refractivity contribution is 5.95. The normalized spacial score (nSPS) is 10.2. The highest BCUT2D eigenvalue weighted by Gasteiger charge is 2.15. The van der Waals surface area contributed by atoms with Crippen LogP contribution in [-0.4, -0.2) is 16.1 Å². The van der Waals surface area contributed by atoms with Gasteiger partial charge in [0.15, 0.2) is 0 Å². The van der Waals surface area contributed by atoms with Gasteiger partial charge in [-0.25, -0.2) is 13.6 Å². The summed E-state index contributed by atoms with van der Waals surface area (Å²) in [5.74, 6) is -2.55. The van der Waals surface area contributed by atoms with E-state index in [0.717, 1.165) is 24.4 Å². The van der Waals surface area contributed by atoms with E-state index in [1.165, 1.54) is 12.3 Å². The maximum Gasteiger partial charge on any atom is 0.337 e. The molecule has 0 amide bonds. The summed E-state index contributed by atoms with van der Waals surface area (Å²) in [6.45, 7) is 0. The lowest BCUT2D eigenvalue weighted by Crippen LogP contribution is -2.01. The van der Waals surface area contributed by atoms with E-state index in [1.54, 1.807) is 0 Å². The lowest BCUT2D eigenvalue weighted by molar-refractivity contribution is 0.0697. The Balaban J connectivity index is 2.68. The molecule has 0 saturated carbocycles. The summed E-state index contributed by atoms with van der Waals surface area (Å²) in [6, 6.07) is 4.22. The third-order valence-corrected chi connectivity index (χ3v) is 2.27. The molecule has 0 unspecified atom stereocenters. The second-order valence-electron chi connectivity index (χ2n) is 3.35. The minimum atomic E-state index is -1.24. The van der Waals surface area contributed by atoms with E-state index in [1.807, 2.05) is 0 Å². The Morgan fingerprint density at radius 2 is 1.94 bits per heavy atom. The summed E-state index contributed by atoms with van der Waals surface area (Å²) in [4.78, 5) is 14.6. The van der Waals surface area contributed by atoms with Gasteiger partial charge in [-0.3, -0.25) is 4.98 Å². The molecule has 17 heavy (non-hydrogen) atoms. The van der Waals surface area contributed by atoms with Crippen molar-refractivity contribution in [1.82, 2.24) is 4.98 Å². The Hall–Kier alpha value is -2.30. The van der Waals surface area contributed by atoms with Crippen LogP contribution in [0.15, 0.2) is 36.7 Å². The van der Waals surface area contributed by atoms with E-state index in [-0.39, 0.29) is 16.7 Å². The first kappa shape index (κ1) is 11.2. The minimum Gasteiger partial charge on any atom is -0.478 e. The number of benzene rings is 1. The smallest absolute Gasteiger partial charge is 0.337 e. The van der Waals surface area contributed by atoms with Crippen LogP contribution < -0.4 is 0 Å². The van der Waals surface area contributed by atoms with Crippen LogP contribution in [0.4, 0.5) is 8.78 Å². The number of aromatic nitrogens is 1. The van der Waals surface area contributed by atoms with E-state index < -0.39 is 17.6 Å². The molecular formula is C12H7F2NO2. The summed E-state index contributed by atoms with van der Waals surface area (Å²) in [5.41, 5.74) is -0.161. The molecular weight excluding hydrogens is 228 g/mol. The molecule has 1 aromatic heterocycles. The van der Waals surface area contributed by atoms with E-state index in [9.17, 15) is 13.6 Å². The summed E-state index contributed by atoms with van der Waals surface area (Å²) in [7, 11) is 0. The second kappa shape index (κ2) is 4.29. The van der Waals surface area contributed by atoms with Gasteiger partial charge in [0.05, 0.1) is 5.56 Å². The molecule has 0 aliphatic rings. The lowest BCUT2D eigenvalue weighted by atomic mass is 10.0. The number of carbonyl (C=O) groups is 1. The number of aromatic carboxylic acids is 1. The fraction of sp³-hybridized carbons (Fsp3) is 0. The van der Waals surface area contributed by atoms with E-state index in [4.69, 9.17) is 5.11 Å². The van der Waals surface area contributed by atoms with Gasteiger partial charge < -0.3 is 5.11 Å². The number of hydrogen-bond acceptors (Lipinski definition) is 2. The fourth-order valence-corrected chi connectivity index (χ4v) is 1.50. The average molecular weight is 235 g/mol. The first-order valence-corrected chi connectivity index (χ1v) is 4.72. The molecule has 0 aliphatic heterocycles. The maximum atomic E-state index is 13.5. The number of rotatable bonds is 2. The van der Waals surface area contributed by atoms with Gasteiger partial charge in [-0.05, 0) is 24.3 Å². The Morgan fingerprint density at radius 3 is 2.65 bits per heavy atom. The standard InChI is InChI=1S/C12H7F2NO2/c13-7-1-2-11(14)9(5-7)8-3-4-15-6-10(8)12(16)17/h1-6H,(H,16,17). The zero-order valence-corrected chi connectivity index (χ0v) is 8.52. The molecule has 0 spiro atoms. The SMILES string of the molecule is O=C(O)c1cnccc1-c1cc(F)ccc1F. The molecule has 1 heterocycles. The van der Waals surface area contributed by atoms with Gasteiger partial charge in [0.2, 0.25) is 0 Å². The molecule has 5 heteroatoms. The molecule has 1 N–H and O–H groups in total. The van der Waals surface area contributed by atoms with Crippen LogP contribution in [0, 0.1) is 11.6 Å². The number of nitrogens with zero attached hydrogens (tertiary/aromatic N) is 1. The minimum absolute atomic E-state index is 0.0928. The molecule has 0 radical (unpaired) electrons. The monoisotopic (exact) mass is 235 g/mol. The van der Waals surface area contributed by atoms with Gasteiger partial charge in [0.1, 0.15) is 11.6 Å². The molecule has 0 aliphatic carbocycles. The molecule has 0 fully saturated rings. The maximum absolute atomic E-state index is 13.5. The van der Waals surface area contributed by atoms with Crippen LogP contribution >= 0.6 is 0 Å². The van der Waals surface area contributed by atoms with Crippen LogP contribution in [0.25, 0.3) is 11.1 Å². The number of hydrogen-bond donors (Lipinski definition) is 1. The van der Waals surface area contributed by atoms with E-state index in [2.05, 4.69) is 4.98 Å². The Bertz CT molecular complexity index is 584. The van der Waals surface area contributed by atoms with Gasteiger partial charge in [0.25, 0.3) is 0 Å². The third kappa shape index (κ3) is 2.13. The first-order chi connectivity index (χ1) is 8.09. The van der Waals surface area contributed by atoms with Crippen molar-refractivity contribution < 1.29 is 18.7 Å². The molecule has 2 rings (SSSR count). The largest absolute Gasteiger partial charge is 0.478 e.